The molecule has 0 aliphatic heterocycles. The molecule has 0 saturated carbocycles. The third kappa shape index (κ3) is 9.47. The van der Waals surface area contributed by atoms with E-state index in [1.807, 2.05) is 0 Å². The largest absolute Gasteiger partial charge is 0.478 e. The Balaban J connectivity index is 3.25. The summed E-state index contributed by atoms with van der Waals surface area (Å²) in [5, 5.41) is 8.57. The molecule has 0 amide bonds. The molecule has 0 heterocycles. The summed E-state index contributed by atoms with van der Waals surface area (Å²) < 4.78 is 5.37. The number of ether oxygens (including phenoxy) is 1. The third-order valence-electron chi connectivity index (χ3n) is 2.19. The van der Waals surface area contributed by atoms with Crippen molar-refractivity contribution in [3.63, 3.8) is 0 Å². The van der Waals surface area contributed by atoms with E-state index in [1.165, 1.54) is 19.3 Å². The van der Waals surface area contributed by atoms with Crippen molar-refractivity contribution in [2.24, 2.45) is 0 Å². The highest BCUT2D eigenvalue weighted by molar-refractivity contribution is 5.85. The van der Waals surface area contributed by atoms with E-state index in [2.05, 4.69) is 6.92 Å². The van der Waals surface area contributed by atoms with Crippen LogP contribution in [-0.4, -0.2) is 24.3 Å². The summed E-state index contributed by atoms with van der Waals surface area (Å²) in [5.74, 6) is -0.849. The van der Waals surface area contributed by atoms with Crippen molar-refractivity contribution < 1.29 is 14.6 Å². The molecule has 0 bridgehead atoms. The number of carboxylic acid groups (broad SMARTS) is 1. The van der Waals surface area contributed by atoms with Gasteiger partial charge in [-0.05, 0) is 19.8 Å². The summed E-state index contributed by atoms with van der Waals surface area (Å²) in [4.78, 5) is 10.4. The zero-order valence-corrected chi connectivity index (χ0v) is 9.79. The van der Waals surface area contributed by atoms with Gasteiger partial charge in [0, 0.05) is 12.2 Å². The highest BCUT2D eigenvalue weighted by Gasteiger charge is 1.97. The predicted molar refractivity (Wildman–Crippen MR) is 61.0 cm³/mol. The molecule has 3 nitrogen and oxygen atoms in total. The van der Waals surface area contributed by atoms with Crippen molar-refractivity contribution in [1.29, 1.82) is 0 Å². The van der Waals surface area contributed by atoms with Gasteiger partial charge in [0.2, 0.25) is 0 Å². The Morgan fingerprint density at radius 3 is 2.60 bits per heavy atom. The van der Waals surface area contributed by atoms with E-state index in [1.54, 1.807) is 13.0 Å². The summed E-state index contributed by atoms with van der Waals surface area (Å²) in [7, 11) is 0. The zero-order valence-electron chi connectivity index (χ0n) is 9.79. The van der Waals surface area contributed by atoms with Gasteiger partial charge < -0.3 is 9.84 Å². The van der Waals surface area contributed by atoms with Crippen LogP contribution in [0, 0.1) is 0 Å². The summed E-state index contributed by atoms with van der Waals surface area (Å²) in [5.41, 5.74) is 0.393. The first kappa shape index (κ1) is 14.2. The van der Waals surface area contributed by atoms with E-state index in [4.69, 9.17) is 9.84 Å². The molecule has 0 unspecified atom stereocenters. The van der Waals surface area contributed by atoms with Crippen LogP contribution in [0.1, 0.15) is 46.0 Å². The molecule has 0 aromatic rings. The molecule has 3 heteroatoms. The number of hydrogen-bond acceptors (Lipinski definition) is 2. The Bertz CT molecular complexity index is 197. The van der Waals surface area contributed by atoms with Crippen molar-refractivity contribution in [2.75, 3.05) is 13.2 Å². The predicted octanol–water partition coefficient (Wildman–Crippen LogP) is 3.00. The van der Waals surface area contributed by atoms with Crippen LogP contribution in [0.4, 0.5) is 0 Å². The van der Waals surface area contributed by atoms with Gasteiger partial charge in [0.15, 0.2) is 0 Å². The van der Waals surface area contributed by atoms with Crippen molar-refractivity contribution in [3.05, 3.63) is 11.6 Å². The van der Waals surface area contributed by atoms with E-state index < -0.39 is 5.97 Å². The quantitative estimate of drug-likeness (QED) is 0.474. The fraction of sp³-hybridized carbons (Fsp3) is 0.750. The second kappa shape index (κ2) is 9.71. The fourth-order valence-corrected chi connectivity index (χ4v) is 1.18. The van der Waals surface area contributed by atoms with E-state index in [-0.39, 0.29) is 0 Å². The van der Waals surface area contributed by atoms with E-state index in [9.17, 15) is 4.79 Å². The second-order valence-corrected chi connectivity index (χ2v) is 3.65. The molecule has 0 fully saturated rings. The lowest BCUT2D eigenvalue weighted by molar-refractivity contribution is -0.132. The van der Waals surface area contributed by atoms with Crippen LogP contribution >= 0.6 is 0 Å². The van der Waals surface area contributed by atoms with E-state index in [0.29, 0.717) is 18.6 Å². The van der Waals surface area contributed by atoms with Crippen molar-refractivity contribution >= 4 is 5.97 Å². The Kier molecular flexibility index (Phi) is 9.18. The minimum atomic E-state index is -0.849. The summed E-state index contributed by atoms with van der Waals surface area (Å²) in [6, 6.07) is 0. The lowest BCUT2D eigenvalue weighted by atomic mass is 10.2. The van der Waals surface area contributed by atoms with Crippen LogP contribution in [0.5, 0.6) is 0 Å². The van der Waals surface area contributed by atoms with Gasteiger partial charge in [0.25, 0.3) is 0 Å². The van der Waals surface area contributed by atoms with Crippen LogP contribution in [0.25, 0.3) is 0 Å². The van der Waals surface area contributed by atoms with Gasteiger partial charge in [-0.25, -0.2) is 4.79 Å². The number of carbonyl (C=O) groups is 1. The van der Waals surface area contributed by atoms with Crippen LogP contribution in [0.15, 0.2) is 11.6 Å². The number of unbranched alkanes of at least 4 members (excludes halogenated alkanes) is 3. The minimum Gasteiger partial charge on any atom is -0.478 e. The molecule has 88 valence electrons. The van der Waals surface area contributed by atoms with E-state index >= 15 is 0 Å². The first-order valence-electron chi connectivity index (χ1n) is 5.66. The molecule has 0 aliphatic rings. The van der Waals surface area contributed by atoms with Gasteiger partial charge in [-0.1, -0.05) is 32.3 Å². The molecule has 0 aromatic heterocycles. The Hall–Kier alpha value is -0.830. The molecule has 1 N–H and O–H groups in total. The molecule has 0 radical (unpaired) electrons. The van der Waals surface area contributed by atoms with Gasteiger partial charge in [0.05, 0.1) is 6.61 Å². The molecule has 0 aliphatic carbocycles. The average molecular weight is 214 g/mol. The van der Waals surface area contributed by atoms with E-state index in [0.717, 1.165) is 13.0 Å². The highest BCUT2D eigenvalue weighted by atomic mass is 16.5. The van der Waals surface area contributed by atoms with Gasteiger partial charge in [-0.2, -0.15) is 0 Å². The van der Waals surface area contributed by atoms with Crippen LogP contribution in [-0.2, 0) is 9.53 Å². The highest BCUT2D eigenvalue weighted by Crippen LogP contribution is 2.00. The number of hydrogen-bond donors (Lipinski definition) is 1. The summed E-state index contributed by atoms with van der Waals surface area (Å²) in [6.45, 7) is 5.20. The SMILES string of the molecule is CCCCCCOCCC=C(C)C(=O)O. The molecule has 0 saturated heterocycles. The van der Waals surface area contributed by atoms with Crippen molar-refractivity contribution in [3.8, 4) is 0 Å². The number of carboxylic acids is 1. The molecular formula is C12H22O3. The molecule has 0 aromatic carbocycles. The molecule has 0 spiro atoms. The lowest BCUT2D eigenvalue weighted by Gasteiger charge is -2.01. The van der Waals surface area contributed by atoms with Gasteiger partial charge in [-0.15, -0.1) is 0 Å². The van der Waals surface area contributed by atoms with Crippen molar-refractivity contribution in [2.45, 2.75) is 46.0 Å². The Morgan fingerprint density at radius 1 is 1.27 bits per heavy atom. The standard InChI is InChI=1S/C12H22O3/c1-3-4-5-6-9-15-10-7-8-11(2)12(13)14/h8H,3-7,9-10H2,1-2H3,(H,13,14). The Labute approximate surface area is 92.1 Å². The maximum Gasteiger partial charge on any atom is 0.330 e. The monoisotopic (exact) mass is 214 g/mol. The normalized spacial score (nSPS) is 11.7. The lowest BCUT2D eigenvalue weighted by Crippen LogP contribution is -1.99. The number of aliphatic carboxylic acids is 1. The first-order valence-corrected chi connectivity index (χ1v) is 5.66. The molecule has 0 atom stereocenters. The number of rotatable bonds is 9. The van der Waals surface area contributed by atoms with Crippen molar-refractivity contribution in [1.82, 2.24) is 0 Å². The minimum absolute atomic E-state index is 0.393. The Morgan fingerprint density at radius 2 is 2.00 bits per heavy atom. The van der Waals surface area contributed by atoms with Gasteiger partial charge >= 0.3 is 5.97 Å². The fourth-order valence-electron chi connectivity index (χ4n) is 1.18. The van der Waals surface area contributed by atoms with Gasteiger partial charge in [0.1, 0.15) is 0 Å². The van der Waals surface area contributed by atoms with Gasteiger partial charge in [-0.3, -0.25) is 0 Å². The maximum absolute atomic E-state index is 10.4. The first-order chi connectivity index (χ1) is 7.18. The van der Waals surface area contributed by atoms with Crippen LogP contribution in [0.2, 0.25) is 0 Å². The molecule has 15 heavy (non-hydrogen) atoms. The molecule has 0 rings (SSSR count). The summed E-state index contributed by atoms with van der Waals surface area (Å²) in [6.07, 6.45) is 7.22. The average Bonchev–Trinajstić information content (AvgIpc) is 2.21. The topological polar surface area (TPSA) is 46.5 Å². The van der Waals surface area contributed by atoms with Crippen LogP contribution in [0.3, 0.4) is 0 Å². The van der Waals surface area contributed by atoms with Crippen LogP contribution < -0.4 is 0 Å². The second-order valence-electron chi connectivity index (χ2n) is 3.65. The smallest absolute Gasteiger partial charge is 0.330 e. The zero-order chi connectivity index (χ0) is 11.5. The summed E-state index contributed by atoms with van der Waals surface area (Å²) >= 11 is 0. The molecular weight excluding hydrogens is 192 g/mol. The maximum atomic E-state index is 10.4. The third-order valence-corrected chi connectivity index (χ3v) is 2.19.